The quantitative estimate of drug-likeness (QED) is 0.908. The number of rotatable bonds is 3. The molecule has 0 fully saturated rings. The van der Waals surface area contributed by atoms with E-state index in [0.29, 0.717) is 11.4 Å². The molecular weight excluding hydrogens is 292 g/mol. The molecule has 0 aliphatic heterocycles. The summed E-state index contributed by atoms with van der Waals surface area (Å²) in [7, 11) is -3.74. The average Bonchev–Trinajstić information content (AvgIpc) is 2.41. The van der Waals surface area contributed by atoms with Crippen molar-refractivity contribution in [3.63, 3.8) is 0 Å². The summed E-state index contributed by atoms with van der Waals surface area (Å²) in [5.74, 6) is 0.416. The predicted octanol–water partition coefficient (Wildman–Crippen LogP) is 2.25. The Bertz CT molecular complexity index is 738. The summed E-state index contributed by atoms with van der Waals surface area (Å²) in [6.45, 7) is 1.93. The summed E-state index contributed by atoms with van der Waals surface area (Å²) in [5.41, 5.74) is 1.46. The van der Waals surface area contributed by atoms with Gasteiger partial charge in [-0.25, -0.2) is 18.4 Å². The Hall–Kier alpha value is -2.38. The molecule has 0 radical (unpaired) electrons. The van der Waals surface area contributed by atoms with Crippen LogP contribution < -0.4 is 15.2 Å². The fourth-order valence-electron chi connectivity index (χ4n) is 1.58. The van der Waals surface area contributed by atoms with Crippen molar-refractivity contribution in [2.24, 2.45) is 5.14 Å². The van der Waals surface area contributed by atoms with E-state index in [0.717, 1.165) is 5.56 Å². The van der Waals surface area contributed by atoms with E-state index < -0.39 is 16.1 Å². The van der Waals surface area contributed by atoms with Gasteiger partial charge in [0.2, 0.25) is 10.0 Å². The zero-order valence-electron chi connectivity index (χ0n) is 11.2. The van der Waals surface area contributed by atoms with Crippen LogP contribution in [-0.4, -0.2) is 14.5 Å². The predicted molar refractivity (Wildman–Crippen MR) is 78.6 cm³/mol. The van der Waals surface area contributed by atoms with Gasteiger partial charge in [0.05, 0.1) is 4.90 Å². The lowest BCUT2D eigenvalue weighted by molar-refractivity contribution is 0.215. The number of hydrogen-bond donors (Lipinski definition) is 2. The minimum Gasteiger partial charge on any atom is -0.410 e. The zero-order valence-corrected chi connectivity index (χ0v) is 12.1. The molecule has 3 N–H and O–H groups in total. The molecule has 7 heteroatoms. The van der Waals surface area contributed by atoms with Crippen LogP contribution in [0.15, 0.2) is 53.4 Å². The maximum absolute atomic E-state index is 11.7. The summed E-state index contributed by atoms with van der Waals surface area (Å²) in [6.07, 6.45) is -0.665. The van der Waals surface area contributed by atoms with Gasteiger partial charge in [0.1, 0.15) is 5.75 Å². The molecule has 2 aromatic carbocycles. The second kappa shape index (κ2) is 5.94. The van der Waals surface area contributed by atoms with E-state index in [1.54, 1.807) is 12.1 Å². The highest BCUT2D eigenvalue weighted by atomic mass is 32.2. The Balaban J connectivity index is 2.01. The topological polar surface area (TPSA) is 98.5 Å². The molecule has 110 valence electrons. The van der Waals surface area contributed by atoms with Crippen LogP contribution >= 0.6 is 0 Å². The number of nitrogens with two attached hydrogens (primary N) is 1. The maximum Gasteiger partial charge on any atom is 0.417 e. The van der Waals surface area contributed by atoms with Crippen molar-refractivity contribution < 1.29 is 17.9 Å². The summed E-state index contributed by atoms with van der Waals surface area (Å²) >= 11 is 0. The Labute approximate surface area is 122 Å². The molecule has 0 spiro atoms. The highest BCUT2D eigenvalue weighted by molar-refractivity contribution is 7.89. The first-order valence-corrected chi connectivity index (χ1v) is 7.57. The first kappa shape index (κ1) is 15.0. The van der Waals surface area contributed by atoms with Crippen LogP contribution in [-0.2, 0) is 10.0 Å². The lowest BCUT2D eigenvalue weighted by Gasteiger charge is -2.07. The Kier molecular flexibility index (Phi) is 4.25. The van der Waals surface area contributed by atoms with Gasteiger partial charge in [-0.3, -0.25) is 5.32 Å². The third-order valence-electron chi connectivity index (χ3n) is 2.66. The van der Waals surface area contributed by atoms with E-state index in [2.05, 4.69) is 5.32 Å². The standard InChI is InChI=1S/C14H14N2O4S/c1-10-2-6-12(7-3-10)20-14(17)16-11-4-8-13(9-5-11)21(15,18)19/h2-9H,1H3,(H,16,17)(H2,15,18,19). The number of primary sulfonamides is 1. The molecule has 21 heavy (non-hydrogen) atoms. The molecule has 2 aromatic rings. The van der Waals surface area contributed by atoms with Gasteiger partial charge in [-0.15, -0.1) is 0 Å². The van der Waals surface area contributed by atoms with E-state index >= 15 is 0 Å². The molecule has 0 heterocycles. The van der Waals surface area contributed by atoms with Gasteiger partial charge in [0.15, 0.2) is 0 Å². The van der Waals surface area contributed by atoms with Crippen molar-refractivity contribution in [3.8, 4) is 5.75 Å². The molecule has 0 atom stereocenters. The van der Waals surface area contributed by atoms with Gasteiger partial charge in [-0.1, -0.05) is 17.7 Å². The molecule has 0 saturated heterocycles. The van der Waals surface area contributed by atoms with Crippen molar-refractivity contribution in [1.82, 2.24) is 0 Å². The van der Waals surface area contributed by atoms with Crippen molar-refractivity contribution in [2.75, 3.05) is 5.32 Å². The average molecular weight is 306 g/mol. The Morgan fingerprint density at radius 1 is 1.05 bits per heavy atom. The molecule has 0 bridgehead atoms. The fourth-order valence-corrected chi connectivity index (χ4v) is 2.10. The first-order valence-electron chi connectivity index (χ1n) is 6.03. The smallest absolute Gasteiger partial charge is 0.410 e. The Morgan fingerprint density at radius 3 is 2.14 bits per heavy atom. The summed E-state index contributed by atoms with van der Waals surface area (Å²) in [5, 5.41) is 7.47. The van der Waals surface area contributed by atoms with Crippen LogP contribution in [0.4, 0.5) is 10.5 Å². The number of hydrogen-bond acceptors (Lipinski definition) is 4. The van der Waals surface area contributed by atoms with E-state index in [1.165, 1.54) is 24.3 Å². The highest BCUT2D eigenvalue weighted by Gasteiger charge is 2.09. The van der Waals surface area contributed by atoms with Gasteiger partial charge in [-0.05, 0) is 43.3 Å². The SMILES string of the molecule is Cc1ccc(OC(=O)Nc2ccc(S(N)(=O)=O)cc2)cc1. The largest absolute Gasteiger partial charge is 0.417 e. The lowest BCUT2D eigenvalue weighted by Crippen LogP contribution is -2.17. The molecule has 0 saturated carbocycles. The molecule has 0 aliphatic carbocycles. The number of anilines is 1. The lowest BCUT2D eigenvalue weighted by atomic mass is 10.2. The molecule has 0 unspecified atom stereocenters. The van der Waals surface area contributed by atoms with E-state index in [9.17, 15) is 13.2 Å². The van der Waals surface area contributed by atoms with Crippen LogP contribution in [0.1, 0.15) is 5.56 Å². The third-order valence-corrected chi connectivity index (χ3v) is 3.59. The van der Waals surface area contributed by atoms with Crippen molar-refractivity contribution in [2.45, 2.75) is 11.8 Å². The van der Waals surface area contributed by atoms with E-state index in [1.807, 2.05) is 19.1 Å². The second-order valence-electron chi connectivity index (χ2n) is 4.40. The number of sulfonamides is 1. The normalized spacial score (nSPS) is 11.0. The van der Waals surface area contributed by atoms with Crippen LogP contribution in [0.5, 0.6) is 5.75 Å². The zero-order chi connectivity index (χ0) is 15.5. The number of carbonyl (C=O) groups excluding carboxylic acids is 1. The first-order chi connectivity index (χ1) is 9.84. The van der Waals surface area contributed by atoms with Crippen LogP contribution in [0, 0.1) is 6.92 Å². The van der Waals surface area contributed by atoms with Crippen LogP contribution in [0.2, 0.25) is 0 Å². The fraction of sp³-hybridized carbons (Fsp3) is 0.0714. The van der Waals surface area contributed by atoms with Gasteiger partial charge < -0.3 is 4.74 Å². The van der Waals surface area contributed by atoms with Crippen molar-refractivity contribution in [1.29, 1.82) is 0 Å². The van der Waals surface area contributed by atoms with Gasteiger partial charge >= 0.3 is 6.09 Å². The van der Waals surface area contributed by atoms with Gasteiger partial charge in [0.25, 0.3) is 0 Å². The third kappa shape index (κ3) is 4.30. The maximum atomic E-state index is 11.7. The minimum atomic E-state index is -3.74. The molecular formula is C14H14N2O4S. The minimum absolute atomic E-state index is 0.0278. The van der Waals surface area contributed by atoms with Crippen molar-refractivity contribution in [3.05, 3.63) is 54.1 Å². The molecule has 6 nitrogen and oxygen atoms in total. The summed E-state index contributed by atoms with van der Waals surface area (Å²) < 4.78 is 27.3. The highest BCUT2D eigenvalue weighted by Crippen LogP contribution is 2.15. The molecule has 2 rings (SSSR count). The van der Waals surface area contributed by atoms with Crippen LogP contribution in [0.3, 0.4) is 0 Å². The van der Waals surface area contributed by atoms with Crippen molar-refractivity contribution >= 4 is 21.8 Å². The van der Waals surface area contributed by atoms with Crippen LogP contribution in [0.25, 0.3) is 0 Å². The number of benzene rings is 2. The number of amides is 1. The molecule has 0 aromatic heterocycles. The number of carbonyl (C=O) groups is 1. The van der Waals surface area contributed by atoms with Gasteiger partial charge in [0, 0.05) is 5.69 Å². The monoisotopic (exact) mass is 306 g/mol. The van der Waals surface area contributed by atoms with Gasteiger partial charge in [-0.2, -0.15) is 0 Å². The molecule has 0 aliphatic rings. The Morgan fingerprint density at radius 2 is 1.62 bits per heavy atom. The number of aryl methyl sites for hydroxylation is 1. The van der Waals surface area contributed by atoms with E-state index in [-0.39, 0.29) is 4.90 Å². The number of nitrogens with one attached hydrogen (secondary N) is 1. The summed E-state index contributed by atoms with van der Waals surface area (Å²) in [4.78, 5) is 11.6. The van der Waals surface area contributed by atoms with E-state index in [4.69, 9.17) is 9.88 Å². The second-order valence-corrected chi connectivity index (χ2v) is 5.96. The molecule has 1 amide bonds. The summed E-state index contributed by atoms with van der Waals surface area (Å²) in [6, 6.07) is 12.5. The number of ether oxygens (including phenoxy) is 1.